The number of aromatic nitrogens is 2. The summed E-state index contributed by atoms with van der Waals surface area (Å²) in [5.41, 5.74) is 8.52. The Balaban J connectivity index is 2.55. The number of hydrogen-bond donors (Lipinski definition) is 2. The molecule has 1 unspecified atom stereocenters. The molecule has 4 nitrogen and oxygen atoms in total. The first-order valence-electron chi connectivity index (χ1n) is 5.37. The lowest BCUT2D eigenvalue weighted by atomic mass is 10.2. The van der Waals surface area contributed by atoms with Gasteiger partial charge in [-0.1, -0.05) is 11.8 Å². The van der Waals surface area contributed by atoms with E-state index in [1.807, 2.05) is 20.8 Å². The molecular weight excluding hydrogens is 222 g/mol. The molecule has 0 saturated carbocycles. The molecule has 5 heteroatoms. The number of nitrogens with two attached hydrogens (primary N) is 1. The number of thioether (sulfide) groups is 1. The predicted molar refractivity (Wildman–Crippen MR) is 66.6 cm³/mol. The molecule has 3 N–H and O–H groups in total. The zero-order valence-corrected chi connectivity index (χ0v) is 10.8. The average molecular weight is 241 g/mol. The van der Waals surface area contributed by atoms with Gasteiger partial charge >= 0.3 is 0 Å². The van der Waals surface area contributed by atoms with E-state index in [0.29, 0.717) is 13.0 Å². The molecule has 0 bridgehead atoms. The van der Waals surface area contributed by atoms with Crippen LogP contribution < -0.4 is 5.73 Å². The van der Waals surface area contributed by atoms with Crippen molar-refractivity contribution in [2.75, 3.05) is 12.3 Å². The lowest BCUT2D eigenvalue weighted by Gasteiger charge is -2.08. The largest absolute Gasteiger partial charge is 0.392 e. The van der Waals surface area contributed by atoms with Crippen molar-refractivity contribution in [1.29, 1.82) is 0 Å². The van der Waals surface area contributed by atoms with Gasteiger partial charge in [-0.2, -0.15) is 0 Å². The molecule has 1 atom stereocenters. The molecule has 1 aromatic rings. The van der Waals surface area contributed by atoms with Gasteiger partial charge in [0.2, 0.25) is 0 Å². The van der Waals surface area contributed by atoms with Crippen molar-refractivity contribution in [3.05, 3.63) is 17.0 Å². The summed E-state index contributed by atoms with van der Waals surface area (Å²) in [5, 5.41) is 10.1. The van der Waals surface area contributed by atoms with E-state index in [0.717, 1.165) is 27.9 Å². The lowest BCUT2D eigenvalue weighted by molar-refractivity contribution is 0.180. The Morgan fingerprint density at radius 1 is 1.25 bits per heavy atom. The smallest absolute Gasteiger partial charge is 0.187 e. The van der Waals surface area contributed by atoms with Crippen LogP contribution in [0.3, 0.4) is 0 Å². The molecule has 0 radical (unpaired) electrons. The number of rotatable bonds is 5. The van der Waals surface area contributed by atoms with Crippen LogP contribution in [0.5, 0.6) is 0 Å². The summed E-state index contributed by atoms with van der Waals surface area (Å²) >= 11 is 1.56. The molecule has 0 fully saturated rings. The van der Waals surface area contributed by atoms with Crippen LogP contribution in [0.15, 0.2) is 5.16 Å². The van der Waals surface area contributed by atoms with E-state index in [9.17, 15) is 5.11 Å². The molecule has 0 aromatic carbocycles. The van der Waals surface area contributed by atoms with Crippen LogP contribution in [-0.4, -0.2) is 33.5 Å². The fraction of sp³-hybridized carbons (Fsp3) is 0.636. The first-order chi connectivity index (χ1) is 7.54. The van der Waals surface area contributed by atoms with Crippen LogP contribution in [0.4, 0.5) is 0 Å². The molecule has 0 amide bonds. The predicted octanol–water partition coefficient (Wildman–Crippen LogP) is 1.20. The van der Waals surface area contributed by atoms with Crippen molar-refractivity contribution in [3.63, 3.8) is 0 Å². The highest BCUT2D eigenvalue weighted by Crippen LogP contribution is 2.18. The molecule has 0 aliphatic rings. The first kappa shape index (κ1) is 13.4. The summed E-state index contributed by atoms with van der Waals surface area (Å²) in [6, 6.07) is 0. The molecule has 1 aromatic heterocycles. The molecular formula is C11H19N3OS. The van der Waals surface area contributed by atoms with Crippen LogP contribution in [0, 0.1) is 20.8 Å². The van der Waals surface area contributed by atoms with Crippen molar-refractivity contribution in [3.8, 4) is 0 Å². The minimum absolute atomic E-state index is 0.313. The highest BCUT2D eigenvalue weighted by Gasteiger charge is 2.06. The Hall–Kier alpha value is -0.650. The second-order valence-electron chi connectivity index (χ2n) is 3.83. The number of aryl methyl sites for hydroxylation is 2. The van der Waals surface area contributed by atoms with E-state index in [1.54, 1.807) is 11.8 Å². The molecule has 0 aliphatic heterocycles. The summed E-state index contributed by atoms with van der Waals surface area (Å²) in [4.78, 5) is 8.79. The third-order valence-electron chi connectivity index (χ3n) is 2.57. The van der Waals surface area contributed by atoms with Crippen molar-refractivity contribution >= 4 is 11.8 Å². The summed E-state index contributed by atoms with van der Waals surface area (Å²) in [7, 11) is 0. The van der Waals surface area contributed by atoms with E-state index in [-0.39, 0.29) is 0 Å². The van der Waals surface area contributed by atoms with Crippen LogP contribution in [0.1, 0.15) is 23.4 Å². The number of aliphatic hydroxyl groups excluding tert-OH is 1. The zero-order valence-electron chi connectivity index (χ0n) is 10.0. The quantitative estimate of drug-likeness (QED) is 0.599. The van der Waals surface area contributed by atoms with E-state index in [1.165, 1.54) is 0 Å². The molecule has 16 heavy (non-hydrogen) atoms. The van der Waals surface area contributed by atoms with Crippen LogP contribution in [-0.2, 0) is 0 Å². The summed E-state index contributed by atoms with van der Waals surface area (Å²) in [6.45, 7) is 6.32. The zero-order chi connectivity index (χ0) is 12.1. The van der Waals surface area contributed by atoms with Gasteiger partial charge in [0, 0.05) is 23.7 Å². The van der Waals surface area contributed by atoms with Gasteiger partial charge in [-0.3, -0.25) is 0 Å². The van der Waals surface area contributed by atoms with Gasteiger partial charge in [0.25, 0.3) is 0 Å². The maximum atomic E-state index is 9.31. The molecule has 90 valence electrons. The topological polar surface area (TPSA) is 72.0 Å². The minimum Gasteiger partial charge on any atom is -0.392 e. The fourth-order valence-corrected chi connectivity index (χ4v) is 2.19. The van der Waals surface area contributed by atoms with Crippen molar-refractivity contribution < 1.29 is 5.11 Å². The van der Waals surface area contributed by atoms with Gasteiger partial charge in [-0.05, 0) is 32.8 Å². The van der Waals surface area contributed by atoms with Gasteiger partial charge in [-0.25, -0.2) is 9.97 Å². The minimum atomic E-state index is -0.417. The van der Waals surface area contributed by atoms with Gasteiger partial charge in [0.1, 0.15) is 0 Å². The Kier molecular flexibility index (Phi) is 5.18. The Morgan fingerprint density at radius 2 is 1.81 bits per heavy atom. The molecule has 0 aliphatic carbocycles. The van der Waals surface area contributed by atoms with E-state index in [2.05, 4.69) is 9.97 Å². The highest BCUT2D eigenvalue weighted by atomic mass is 32.2. The second kappa shape index (κ2) is 6.18. The number of hydrogen-bond acceptors (Lipinski definition) is 5. The number of aliphatic hydroxyl groups is 1. The summed E-state index contributed by atoms with van der Waals surface area (Å²) in [6.07, 6.45) is 0.261. The molecule has 0 spiro atoms. The van der Waals surface area contributed by atoms with Gasteiger partial charge in [0.15, 0.2) is 5.16 Å². The van der Waals surface area contributed by atoms with Crippen LogP contribution in [0.2, 0.25) is 0 Å². The lowest BCUT2D eigenvalue weighted by Crippen LogP contribution is -2.20. The highest BCUT2D eigenvalue weighted by molar-refractivity contribution is 7.99. The third-order valence-corrected chi connectivity index (χ3v) is 3.45. The van der Waals surface area contributed by atoms with Gasteiger partial charge in [-0.15, -0.1) is 0 Å². The fourth-order valence-electron chi connectivity index (χ4n) is 1.21. The molecule has 0 saturated heterocycles. The Labute approximate surface area is 101 Å². The second-order valence-corrected chi connectivity index (χ2v) is 4.89. The van der Waals surface area contributed by atoms with Crippen molar-refractivity contribution in [2.24, 2.45) is 5.73 Å². The maximum absolute atomic E-state index is 9.31. The first-order valence-corrected chi connectivity index (χ1v) is 6.36. The Morgan fingerprint density at radius 3 is 2.31 bits per heavy atom. The SMILES string of the molecule is Cc1nc(SCCC(O)CN)nc(C)c1C. The summed E-state index contributed by atoms with van der Waals surface area (Å²) in [5.74, 6) is 0.792. The third kappa shape index (κ3) is 3.73. The number of nitrogens with zero attached hydrogens (tertiary/aromatic N) is 2. The standard InChI is InChI=1S/C11H19N3OS/c1-7-8(2)13-11(14-9(7)3)16-5-4-10(15)6-12/h10,15H,4-6,12H2,1-3H3. The monoisotopic (exact) mass is 241 g/mol. The van der Waals surface area contributed by atoms with Gasteiger partial charge in [0.05, 0.1) is 6.10 Å². The normalized spacial score (nSPS) is 12.8. The molecule has 1 heterocycles. The van der Waals surface area contributed by atoms with Crippen molar-refractivity contribution in [2.45, 2.75) is 38.5 Å². The van der Waals surface area contributed by atoms with Crippen molar-refractivity contribution in [1.82, 2.24) is 9.97 Å². The van der Waals surface area contributed by atoms with E-state index >= 15 is 0 Å². The van der Waals surface area contributed by atoms with Crippen LogP contribution in [0.25, 0.3) is 0 Å². The maximum Gasteiger partial charge on any atom is 0.187 e. The summed E-state index contributed by atoms with van der Waals surface area (Å²) < 4.78 is 0. The van der Waals surface area contributed by atoms with Crippen LogP contribution >= 0.6 is 11.8 Å². The molecule has 1 rings (SSSR count). The van der Waals surface area contributed by atoms with E-state index < -0.39 is 6.10 Å². The average Bonchev–Trinajstić information content (AvgIpc) is 2.25. The Bertz CT molecular complexity index is 334. The van der Waals surface area contributed by atoms with Gasteiger partial charge < -0.3 is 10.8 Å². The van der Waals surface area contributed by atoms with E-state index in [4.69, 9.17) is 5.73 Å².